The van der Waals surface area contributed by atoms with Crippen LogP contribution in [0, 0.1) is 5.41 Å². The van der Waals surface area contributed by atoms with Crippen LogP contribution >= 0.6 is 11.6 Å². The van der Waals surface area contributed by atoms with Gasteiger partial charge < -0.3 is 9.64 Å². The summed E-state index contributed by atoms with van der Waals surface area (Å²) in [5.74, 6) is 0.0524. The fraction of sp³-hybridized carbons (Fsp3) is 0.533. The van der Waals surface area contributed by atoms with E-state index in [4.69, 9.17) is 16.3 Å². The number of ether oxygens (including phenoxy) is 1. The molecule has 102 valence electrons. The second-order valence-corrected chi connectivity index (χ2v) is 6.02. The van der Waals surface area contributed by atoms with Gasteiger partial charge in [-0.15, -0.1) is 0 Å². The number of benzene rings is 1. The smallest absolute Gasteiger partial charge is 0.255 e. The van der Waals surface area contributed by atoms with E-state index >= 15 is 0 Å². The summed E-state index contributed by atoms with van der Waals surface area (Å²) in [7, 11) is 0. The Morgan fingerprint density at radius 1 is 1.32 bits per heavy atom. The van der Waals surface area contributed by atoms with E-state index in [9.17, 15) is 4.79 Å². The summed E-state index contributed by atoms with van der Waals surface area (Å²) in [4.78, 5) is 14.5. The molecule has 1 amide bonds. The molecule has 1 aromatic carbocycles. The van der Waals surface area contributed by atoms with Crippen molar-refractivity contribution in [3.63, 3.8) is 0 Å². The van der Waals surface area contributed by atoms with Crippen molar-refractivity contribution in [1.82, 2.24) is 4.90 Å². The zero-order valence-electron chi connectivity index (χ0n) is 10.9. The minimum atomic E-state index is 0.0524. The lowest BCUT2D eigenvalue weighted by molar-refractivity contribution is 0.0463. The molecule has 1 unspecified atom stereocenters. The number of hydrogen-bond donors (Lipinski definition) is 0. The van der Waals surface area contributed by atoms with Gasteiger partial charge in [0, 0.05) is 25.1 Å². The molecule has 19 heavy (non-hydrogen) atoms. The van der Waals surface area contributed by atoms with Crippen LogP contribution in [0.4, 0.5) is 0 Å². The summed E-state index contributed by atoms with van der Waals surface area (Å²) in [6.45, 7) is 3.25. The van der Waals surface area contributed by atoms with Crippen LogP contribution in [0.5, 0.6) is 0 Å². The number of nitrogens with zero attached hydrogens (tertiary/aromatic N) is 1. The number of amides is 1. The van der Waals surface area contributed by atoms with Gasteiger partial charge in [0.05, 0.1) is 17.2 Å². The molecule has 0 aliphatic carbocycles. The van der Waals surface area contributed by atoms with Crippen molar-refractivity contribution in [2.75, 3.05) is 26.3 Å². The minimum absolute atomic E-state index is 0.0524. The van der Waals surface area contributed by atoms with Crippen molar-refractivity contribution >= 4 is 17.5 Å². The quantitative estimate of drug-likeness (QED) is 0.791. The van der Waals surface area contributed by atoms with E-state index < -0.39 is 0 Å². The molecule has 0 saturated carbocycles. The highest BCUT2D eigenvalue weighted by atomic mass is 35.5. The van der Waals surface area contributed by atoms with Crippen LogP contribution in [0.3, 0.4) is 0 Å². The highest BCUT2D eigenvalue weighted by molar-refractivity contribution is 6.33. The molecule has 3 rings (SSSR count). The average Bonchev–Trinajstić information content (AvgIpc) is 2.86. The van der Waals surface area contributed by atoms with Gasteiger partial charge in [0.2, 0.25) is 0 Å². The standard InChI is InChI=1S/C15H18ClNO2/c16-13-5-2-1-4-12(13)14(18)17-8-3-6-15(10-17)7-9-19-11-15/h1-2,4-5H,3,6-11H2. The maximum absolute atomic E-state index is 12.6. The SMILES string of the molecule is O=C(c1ccccc1Cl)N1CCCC2(CCOC2)C1. The van der Waals surface area contributed by atoms with Gasteiger partial charge in [0.15, 0.2) is 0 Å². The Bertz CT molecular complexity index is 483. The van der Waals surface area contributed by atoms with E-state index in [0.717, 1.165) is 39.1 Å². The van der Waals surface area contributed by atoms with E-state index in [2.05, 4.69) is 0 Å². The van der Waals surface area contributed by atoms with Crippen molar-refractivity contribution < 1.29 is 9.53 Å². The molecule has 1 atom stereocenters. The zero-order valence-corrected chi connectivity index (χ0v) is 11.7. The van der Waals surface area contributed by atoms with E-state index in [1.54, 1.807) is 12.1 Å². The predicted molar refractivity (Wildman–Crippen MR) is 74.5 cm³/mol. The third kappa shape index (κ3) is 2.49. The van der Waals surface area contributed by atoms with Crippen LogP contribution in [-0.4, -0.2) is 37.1 Å². The highest BCUT2D eigenvalue weighted by Crippen LogP contribution is 2.38. The number of hydrogen-bond acceptors (Lipinski definition) is 2. The molecule has 0 bridgehead atoms. The summed E-state index contributed by atoms with van der Waals surface area (Å²) in [5, 5.41) is 0.537. The largest absolute Gasteiger partial charge is 0.381 e. The Morgan fingerprint density at radius 3 is 2.89 bits per heavy atom. The Labute approximate surface area is 118 Å². The molecule has 0 radical (unpaired) electrons. The molecule has 2 saturated heterocycles. The van der Waals surface area contributed by atoms with E-state index in [0.29, 0.717) is 10.6 Å². The summed E-state index contributed by atoms with van der Waals surface area (Å²) in [6, 6.07) is 7.28. The molecule has 2 fully saturated rings. The molecule has 3 nitrogen and oxygen atoms in total. The number of rotatable bonds is 1. The van der Waals surface area contributed by atoms with Gasteiger partial charge >= 0.3 is 0 Å². The first kappa shape index (κ1) is 12.9. The first-order chi connectivity index (χ1) is 9.20. The molecule has 1 spiro atoms. The number of carbonyl (C=O) groups excluding carboxylic acids is 1. The van der Waals surface area contributed by atoms with Gasteiger partial charge in [-0.25, -0.2) is 0 Å². The highest BCUT2D eigenvalue weighted by Gasteiger charge is 2.40. The Kier molecular flexibility index (Phi) is 3.50. The van der Waals surface area contributed by atoms with Crippen LogP contribution < -0.4 is 0 Å². The lowest BCUT2D eigenvalue weighted by Gasteiger charge is -2.39. The van der Waals surface area contributed by atoms with Crippen molar-refractivity contribution in [3.05, 3.63) is 34.9 Å². The third-order valence-electron chi connectivity index (χ3n) is 4.24. The number of carbonyl (C=O) groups is 1. The van der Waals surface area contributed by atoms with E-state index in [-0.39, 0.29) is 11.3 Å². The summed E-state index contributed by atoms with van der Waals surface area (Å²) in [6.07, 6.45) is 3.29. The van der Waals surface area contributed by atoms with Crippen LogP contribution in [0.2, 0.25) is 5.02 Å². The average molecular weight is 280 g/mol. The molecular weight excluding hydrogens is 262 g/mol. The molecular formula is C15H18ClNO2. The summed E-state index contributed by atoms with van der Waals surface area (Å²) >= 11 is 6.12. The summed E-state index contributed by atoms with van der Waals surface area (Å²) in [5.41, 5.74) is 0.801. The maximum atomic E-state index is 12.6. The summed E-state index contributed by atoms with van der Waals surface area (Å²) < 4.78 is 5.53. The maximum Gasteiger partial charge on any atom is 0.255 e. The van der Waals surface area contributed by atoms with Gasteiger partial charge in [0.1, 0.15) is 0 Å². The first-order valence-electron chi connectivity index (χ1n) is 6.82. The molecule has 2 aliphatic heterocycles. The third-order valence-corrected chi connectivity index (χ3v) is 4.57. The molecule has 1 aromatic rings. The van der Waals surface area contributed by atoms with Gasteiger partial charge in [-0.05, 0) is 31.4 Å². The predicted octanol–water partition coefficient (Wildman–Crippen LogP) is 2.98. The lowest BCUT2D eigenvalue weighted by Crippen LogP contribution is -2.46. The van der Waals surface area contributed by atoms with Gasteiger partial charge in [-0.2, -0.15) is 0 Å². The van der Waals surface area contributed by atoms with Crippen molar-refractivity contribution in [2.24, 2.45) is 5.41 Å². The Morgan fingerprint density at radius 2 is 2.16 bits per heavy atom. The second-order valence-electron chi connectivity index (χ2n) is 5.61. The zero-order chi connectivity index (χ0) is 13.3. The lowest BCUT2D eigenvalue weighted by atomic mass is 9.79. The van der Waals surface area contributed by atoms with E-state index in [1.807, 2.05) is 17.0 Å². The van der Waals surface area contributed by atoms with Crippen LogP contribution in [-0.2, 0) is 4.74 Å². The molecule has 0 aromatic heterocycles. The number of halogens is 1. The Balaban J connectivity index is 1.78. The van der Waals surface area contributed by atoms with Crippen LogP contribution in [0.25, 0.3) is 0 Å². The molecule has 2 heterocycles. The van der Waals surface area contributed by atoms with Crippen molar-refractivity contribution in [1.29, 1.82) is 0 Å². The van der Waals surface area contributed by atoms with Gasteiger partial charge in [-0.1, -0.05) is 23.7 Å². The van der Waals surface area contributed by atoms with E-state index in [1.165, 1.54) is 6.42 Å². The van der Waals surface area contributed by atoms with Gasteiger partial charge in [0.25, 0.3) is 5.91 Å². The normalized spacial score (nSPS) is 26.9. The number of piperidine rings is 1. The van der Waals surface area contributed by atoms with Gasteiger partial charge in [-0.3, -0.25) is 4.79 Å². The molecule has 4 heteroatoms. The van der Waals surface area contributed by atoms with Crippen molar-refractivity contribution in [2.45, 2.75) is 19.3 Å². The monoisotopic (exact) mass is 279 g/mol. The fourth-order valence-electron chi connectivity index (χ4n) is 3.16. The molecule has 2 aliphatic rings. The first-order valence-corrected chi connectivity index (χ1v) is 7.20. The Hall–Kier alpha value is -1.06. The molecule has 0 N–H and O–H groups in total. The number of likely N-dealkylation sites (tertiary alicyclic amines) is 1. The van der Waals surface area contributed by atoms with Crippen LogP contribution in [0.1, 0.15) is 29.6 Å². The van der Waals surface area contributed by atoms with Crippen LogP contribution in [0.15, 0.2) is 24.3 Å². The second kappa shape index (κ2) is 5.14. The minimum Gasteiger partial charge on any atom is -0.381 e. The topological polar surface area (TPSA) is 29.5 Å². The van der Waals surface area contributed by atoms with Crippen molar-refractivity contribution in [3.8, 4) is 0 Å². The fourth-order valence-corrected chi connectivity index (χ4v) is 3.37.